The molecule has 1 aliphatic rings. The van der Waals surface area contributed by atoms with Crippen LogP contribution in [-0.4, -0.2) is 19.3 Å². The second-order valence-corrected chi connectivity index (χ2v) is 5.76. The Bertz CT molecular complexity index is 433. The van der Waals surface area contributed by atoms with E-state index < -0.39 is 0 Å². The van der Waals surface area contributed by atoms with Crippen molar-refractivity contribution < 1.29 is 9.47 Å². The zero-order chi connectivity index (χ0) is 14.5. The van der Waals surface area contributed by atoms with Crippen LogP contribution in [0.4, 0.5) is 0 Å². The fraction of sp³-hybridized carbons (Fsp3) is 0.647. The summed E-state index contributed by atoms with van der Waals surface area (Å²) in [6.45, 7) is 7.60. The summed E-state index contributed by atoms with van der Waals surface area (Å²) in [4.78, 5) is 0. The number of hydrogen-bond acceptors (Lipinski definition) is 3. The first-order valence-corrected chi connectivity index (χ1v) is 7.80. The maximum absolute atomic E-state index is 6.32. The second kappa shape index (κ2) is 6.98. The third-order valence-electron chi connectivity index (χ3n) is 4.16. The summed E-state index contributed by atoms with van der Waals surface area (Å²) in [5.41, 5.74) is 7.61. The summed E-state index contributed by atoms with van der Waals surface area (Å²) in [5.74, 6) is 2.86. The minimum atomic E-state index is 0.263. The quantitative estimate of drug-likeness (QED) is 0.892. The highest BCUT2D eigenvalue weighted by Gasteiger charge is 2.27. The smallest absolute Gasteiger partial charge is 0.161 e. The molecule has 112 valence electrons. The molecule has 3 unspecified atom stereocenters. The van der Waals surface area contributed by atoms with Crippen molar-refractivity contribution >= 4 is 0 Å². The third-order valence-corrected chi connectivity index (χ3v) is 4.16. The molecular weight excluding hydrogens is 250 g/mol. The zero-order valence-electron chi connectivity index (χ0n) is 12.9. The van der Waals surface area contributed by atoms with Crippen molar-refractivity contribution in [3.05, 3.63) is 23.8 Å². The molecule has 1 aromatic rings. The second-order valence-electron chi connectivity index (χ2n) is 5.76. The van der Waals surface area contributed by atoms with Crippen molar-refractivity contribution in [2.75, 3.05) is 13.2 Å². The summed E-state index contributed by atoms with van der Waals surface area (Å²) in [6.07, 6.45) is 3.52. The lowest BCUT2D eigenvalue weighted by Gasteiger charge is -2.33. The molecule has 3 nitrogen and oxygen atoms in total. The number of benzene rings is 1. The average molecular weight is 277 g/mol. The molecule has 0 heterocycles. The van der Waals surface area contributed by atoms with Gasteiger partial charge in [-0.15, -0.1) is 0 Å². The molecule has 1 saturated carbocycles. The van der Waals surface area contributed by atoms with E-state index in [0.29, 0.717) is 19.1 Å². The van der Waals surface area contributed by atoms with Gasteiger partial charge >= 0.3 is 0 Å². The molecular formula is C17H27NO2. The van der Waals surface area contributed by atoms with Crippen molar-refractivity contribution in [3.63, 3.8) is 0 Å². The van der Waals surface area contributed by atoms with Crippen molar-refractivity contribution in [1.29, 1.82) is 0 Å². The Morgan fingerprint density at radius 1 is 1.10 bits per heavy atom. The van der Waals surface area contributed by atoms with Gasteiger partial charge in [-0.3, -0.25) is 0 Å². The fourth-order valence-corrected chi connectivity index (χ4v) is 3.09. The van der Waals surface area contributed by atoms with Gasteiger partial charge in [0, 0.05) is 6.04 Å². The van der Waals surface area contributed by atoms with Gasteiger partial charge in [0.25, 0.3) is 0 Å². The maximum atomic E-state index is 6.32. The molecule has 1 aromatic carbocycles. The summed E-state index contributed by atoms with van der Waals surface area (Å²) in [7, 11) is 0. The van der Waals surface area contributed by atoms with Crippen molar-refractivity contribution in [2.24, 2.45) is 11.7 Å². The molecule has 1 fully saturated rings. The Kier molecular flexibility index (Phi) is 5.30. The molecule has 0 aromatic heterocycles. The molecule has 0 aliphatic heterocycles. The Morgan fingerprint density at radius 2 is 1.80 bits per heavy atom. The minimum Gasteiger partial charge on any atom is -0.490 e. The van der Waals surface area contributed by atoms with Crippen LogP contribution in [0.25, 0.3) is 0 Å². The van der Waals surface area contributed by atoms with Crippen molar-refractivity contribution in [3.8, 4) is 11.5 Å². The maximum Gasteiger partial charge on any atom is 0.161 e. The lowest BCUT2D eigenvalue weighted by molar-refractivity contribution is 0.283. The normalized spacial score (nSPS) is 26.3. The topological polar surface area (TPSA) is 44.5 Å². The summed E-state index contributed by atoms with van der Waals surface area (Å²) < 4.78 is 11.3. The van der Waals surface area contributed by atoms with Crippen LogP contribution in [0.15, 0.2) is 18.2 Å². The van der Waals surface area contributed by atoms with Gasteiger partial charge in [-0.2, -0.15) is 0 Å². The third kappa shape index (κ3) is 3.45. The summed E-state index contributed by atoms with van der Waals surface area (Å²) in [5, 5.41) is 0. The largest absolute Gasteiger partial charge is 0.490 e. The van der Waals surface area contributed by atoms with Gasteiger partial charge < -0.3 is 15.2 Å². The van der Waals surface area contributed by atoms with Crippen LogP contribution in [0.1, 0.15) is 51.5 Å². The lowest BCUT2D eigenvalue weighted by Crippen LogP contribution is -2.33. The van der Waals surface area contributed by atoms with Gasteiger partial charge in [0.2, 0.25) is 0 Å². The molecule has 3 atom stereocenters. The first-order valence-electron chi connectivity index (χ1n) is 7.80. The fourth-order valence-electron chi connectivity index (χ4n) is 3.09. The van der Waals surface area contributed by atoms with Crippen LogP contribution in [-0.2, 0) is 0 Å². The summed E-state index contributed by atoms with van der Waals surface area (Å²) in [6, 6.07) is 6.56. The van der Waals surface area contributed by atoms with Crippen molar-refractivity contribution in [2.45, 2.75) is 52.0 Å². The Balaban J connectivity index is 2.24. The molecule has 0 spiro atoms. The molecule has 1 aliphatic carbocycles. The lowest BCUT2D eigenvalue weighted by atomic mass is 9.76. The van der Waals surface area contributed by atoms with Gasteiger partial charge in [-0.1, -0.05) is 13.0 Å². The van der Waals surface area contributed by atoms with E-state index in [1.54, 1.807) is 0 Å². The standard InChI is InChI=1S/C17H27NO2/c1-4-19-16-9-7-13(11-17(16)20-5-2)14-10-12(3)6-8-15(14)18/h7,9,11-12,14-15H,4-6,8,10,18H2,1-3H3. The Hall–Kier alpha value is -1.22. The van der Waals surface area contributed by atoms with E-state index in [1.165, 1.54) is 18.4 Å². The highest BCUT2D eigenvalue weighted by molar-refractivity contribution is 5.44. The highest BCUT2D eigenvalue weighted by Crippen LogP contribution is 2.38. The number of rotatable bonds is 5. The van der Waals surface area contributed by atoms with E-state index in [9.17, 15) is 0 Å². The zero-order valence-corrected chi connectivity index (χ0v) is 12.9. The number of ether oxygens (including phenoxy) is 2. The minimum absolute atomic E-state index is 0.263. The van der Waals surface area contributed by atoms with Crippen LogP contribution >= 0.6 is 0 Å². The molecule has 3 heteroatoms. The SMILES string of the molecule is CCOc1ccc(C2CC(C)CCC2N)cc1OCC. The van der Waals surface area contributed by atoms with Gasteiger partial charge in [0.1, 0.15) is 0 Å². The monoisotopic (exact) mass is 277 g/mol. The van der Waals surface area contributed by atoms with Crippen LogP contribution in [0, 0.1) is 5.92 Å². The molecule has 0 radical (unpaired) electrons. The number of hydrogen-bond donors (Lipinski definition) is 1. The number of nitrogens with two attached hydrogens (primary N) is 1. The first kappa shape index (κ1) is 15.2. The van der Waals surface area contributed by atoms with Crippen LogP contribution < -0.4 is 15.2 Å². The molecule has 20 heavy (non-hydrogen) atoms. The molecule has 0 bridgehead atoms. The van der Waals surface area contributed by atoms with Crippen LogP contribution in [0.5, 0.6) is 11.5 Å². The summed E-state index contributed by atoms with van der Waals surface area (Å²) >= 11 is 0. The van der Waals surface area contributed by atoms with E-state index in [0.717, 1.165) is 23.8 Å². The molecule has 2 N–H and O–H groups in total. The van der Waals surface area contributed by atoms with Gasteiger partial charge in [0.15, 0.2) is 11.5 Å². The molecule has 0 saturated heterocycles. The highest BCUT2D eigenvalue weighted by atomic mass is 16.5. The van der Waals surface area contributed by atoms with E-state index in [2.05, 4.69) is 19.1 Å². The van der Waals surface area contributed by atoms with E-state index in [4.69, 9.17) is 15.2 Å². The van der Waals surface area contributed by atoms with E-state index in [1.807, 2.05) is 19.9 Å². The average Bonchev–Trinajstić information content (AvgIpc) is 2.44. The van der Waals surface area contributed by atoms with E-state index >= 15 is 0 Å². The van der Waals surface area contributed by atoms with E-state index in [-0.39, 0.29) is 6.04 Å². The molecule has 0 amide bonds. The molecule has 2 rings (SSSR count). The van der Waals surface area contributed by atoms with Crippen LogP contribution in [0.3, 0.4) is 0 Å². The first-order chi connectivity index (χ1) is 9.65. The predicted molar refractivity (Wildman–Crippen MR) is 82.5 cm³/mol. The van der Waals surface area contributed by atoms with Gasteiger partial charge in [-0.25, -0.2) is 0 Å². The van der Waals surface area contributed by atoms with Gasteiger partial charge in [-0.05, 0) is 62.6 Å². The van der Waals surface area contributed by atoms with Crippen LogP contribution in [0.2, 0.25) is 0 Å². The van der Waals surface area contributed by atoms with Crippen molar-refractivity contribution in [1.82, 2.24) is 0 Å². The Labute approximate surface area is 122 Å². The Morgan fingerprint density at radius 3 is 2.50 bits per heavy atom. The van der Waals surface area contributed by atoms with Gasteiger partial charge in [0.05, 0.1) is 13.2 Å². The predicted octanol–water partition coefficient (Wildman–Crippen LogP) is 3.71.